The topological polar surface area (TPSA) is 20.2 Å². The standard InChI is InChI=1S/C8H8F2O/c1-5-2-6(4-11)3-7(9)8(5)10/h2-3,11H,4H2,1H3. The van der Waals surface area contributed by atoms with E-state index in [0.717, 1.165) is 6.07 Å². The summed E-state index contributed by atoms with van der Waals surface area (Å²) in [6, 6.07) is 2.40. The second-order valence-electron chi connectivity index (χ2n) is 2.37. The van der Waals surface area contributed by atoms with Crippen LogP contribution in [0.2, 0.25) is 0 Å². The molecule has 0 unspecified atom stereocenters. The van der Waals surface area contributed by atoms with E-state index in [-0.39, 0.29) is 12.2 Å². The van der Waals surface area contributed by atoms with Crippen LogP contribution in [0.4, 0.5) is 8.78 Å². The lowest BCUT2D eigenvalue weighted by Crippen LogP contribution is -1.93. The first-order chi connectivity index (χ1) is 5.15. The highest BCUT2D eigenvalue weighted by molar-refractivity contribution is 5.24. The van der Waals surface area contributed by atoms with Crippen LogP contribution in [0, 0.1) is 18.6 Å². The van der Waals surface area contributed by atoms with Gasteiger partial charge in [-0.25, -0.2) is 8.78 Å². The number of hydrogen-bond acceptors (Lipinski definition) is 1. The van der Waals surface area contributed by atoms with Crippen molar-refractivity contribution in [2.45, 2.75) is 13.5 Å². The number of aliphatic hydroxyl groups is 1. The van der Waals surface area contributed by atoms with Crippen LogP contribution < -0.4 is 0 Å². The SMILES string of the molecule is Cc1cc(CO)cc(F)c1F. The number of hydrogen-bond donors (Lipinski definition) is 1. The van der Waals surface area contributed by atoms with E-state index in [1.807, 2.05) is 0 Å². The molecule has 3 heteroatoms. The van der Waals surface area contributed by atoms with Crippen molar-refractivity contribution in [3.8, 4) is 0 Å². The minimum absolute atomic E-state index is 0.217. The lowest BCUT2D eigenvalue weighted by atomic mass is 10.1. The largest absolute Gasteiger partial charge is 0.392 e. The van der Waals surface area contributed by atoms with E-state index in [0.29, 0.717) is 5.56 Å². The number of rotatable bonds is 1. The Bertz CT molecular complexity index is 248. The molecule has 1 nitrogen and oxygen atoms in total. The summed E-state index contributed by atoms with van der Waals surface area (Å²) < 4.78 is 25.1. The third kappa shape index (κ3) is 1.54. The van der Waals surface area contributed by atoms with Crippen molar-refractivity contribution in [1.29, 1.82) is 0 Å². The van der Waals surface area contributed by atoms with Crippen LogP contribution >= 0.6 is 0 Å². The number of aryl methyl sites for hydroxylation is 1. The normalized spacial score (nSPS) is 10.2. The molecule has 0 heterocycles. The summed E-state index contributed by atoms with van der Waals surface area (Å²) in [6.07, 6.45) is 0. The zero-order chi connectivity index (χ0) is 8.43. The summed E-state index contributed by atoms with van der Waals surface area (Å²) >= 11 is 0. The molecule has 0 saturated carbocycles. The van der Waals surface area contributed by atoms with Crippen LogP contribution in [0.5, 0.6) is 0 Å². The van der Waals surface area contributed by atoms with E-state index in [1.54, 1.807) is 0 Å². The van der Waals surface area contributed by atoms with Gasteiger partial charge in [0.2, 0.25) is 0 Å². The van der Waals surface area contributed by atoms with Crippen LogP contribution in [0.3, 0.4) is 0 Å². The smallest absolute Gasteiger partial charge is 0.161 e. The fourth-order valence-corrected chi connectivity index (χ4v) is 0.889. The highest BCUT2D eigenvalue weighted by atomic mass is 19.2. The molecule has 0 fully saturated rings. The van der Waals surface area contributed by atoms with Crippen LogP contribution in [0.15, 0.2) is 12.1 Å². The fourth-order valence-electron chi connectivity index (χ4n) is 0.889. The maximum atomic E-state index is 12.6. The van der Waals surface area contributed by atoms with Gasteiger partial charge in [0.05, 0.1) is 6.61 Å². The Morgan fingerprint density at radius 3 is 2.45 bits per heavy atom. The molecule has 60 valence electrons. The average molecular weight is 158 g/mol. The molecule has 0 radical (unpaired) electrons. The number of aliphatic hydroxyl groups excluding tert-OH is 1. The number of halogens is 2. The van der Waals surface area contributed by atoms with E-state index in [1.165, 1.54) is 13.0 Å². The molecular formula is C8H8F2O. The van der Waals surface area contributed by atoms with Gasteiger partial charge in [-0.1, -0.05) is 6.07 Å². The monoisotopic (exact) mass is 158 g/mol. The lowest BCUT2D eigenvalue weighted by Gasteiger charge is -2.00. The fraction of sp³-hybridized carbons (Fsp3) is 0.250. The zero-order valence-electron chi connectivity index (χ0n) is 6.06. The van der Waals surface area contributed by atoms with Gasteiger partial charge in [0, 0.05) is 0 Å². The minimum atomic E-state index is -0.908. The molecule has 0 aromatic heterocycles. The highest BCUT2D eigenvalue weighted by Gasteiger charge is 2.05. The maximum Gasteiger partial charge on any atom is 0.161 e. The summed E-state index contributed by atoms with van der Waals surface area (Å²) in [4.78, 5) is 0. The molecule has 0 atom stereocenters. The predicted octanol–water partition coefficient (Wildman–Crippen LogP) is 1.77. The molecule has 0 aliphatic carbocycles. The van der Waals surface area contributed by atoms with Gasteiger partial charge in [0.25, 0.3) is 0 Å². The van der Waals surface area contributed by atoms with Crippen LogP contribution in [0.25, 0.3) is 0 Å². The van der Waals surface area contributed by atoms with Crippen molar-refractivity contribution in [2.75, 3.05) is 0 Å². The van der Waals surface area contributed by atoms with Gasteiger partial charge >= 0.3 is 0 Å². The zero-order valence-corrected chi connectivity index (χ0v) is 6.06. The molecule has 1 aromatic carbocycles. The highest BCUT2D eigenvalue weighted by Crippen LogP contribution is 2.13. The molecule has 0 amide bonds. The Morgan fingerprint density at radius 2 is 2.00 bits per heavy atom. The minimum Gasteiger partial charge on any atom is -0.392 e. The Morgan fingerprint density at radius 1 is 1.36 bits per heavy atom. The predicted molar refractivity (Wildman–Crippen MR) is 37.0 cm³/mol. The molecule has 1 aromatic rings. The second-order valence-corrected chi connectivity index (χ2v) is 2.37. The van der Waals surface area contributed by atoms with E-state index in [4.69, 9.17) is 5.11 Å². The average Bonchev–Trinajstić information content (AvgIpc) is 1.99. The Labute approximate surface area is 63.3 Å². The summed E-state index contributed by atoms with van der Waals surface area (Å²) in [5, 5.41) is 8.59. The van der Waals surface area contributed by atoms with Crippen molar-refractivity contribution in [3.63, 3.8) is 0 Å². The quantitative estimate of drug-likeness (QED) is 0.660. The Balaban J connectivity index is 3.21. The number of benzene rings is 1. The Hall–Kier alpha value is -0.960. The summed E-state index contributed by atoms with van der Waals surface area (Å²) in [5.74, 6) is -1.75. The van der Waals surface area contributed by atoms with Gasteiger partial charge in [-0.2, -0.15) is 0 Å². The molecule has 1 N–H and O–H groups in total. The molecule has 0 bridgehead atoms. The first-order valence-electron chi connectivity index (χ1n) is 3.20. The van der Waals surface area contributed by atoms with E-state index in [2.05, 4.69) is 0 Å². The van der Waals surface area contributed by atoms with Gasteiger partial charge in [0.1, 0.15) is 0 Å². The summed E-state index contributed by atoms with van der Waals surface area (Å²) in [7, 11) is 0. The van der Waals surface area contributed by atoms with Crippen molar-refractivity contribution >= 4 is 0 Å². The van der Waals surface area contributed by atoms with Gasteiger partial charge in [0.15, 0.2) is 11.6 Å². The van der Waals surface area contributed by atoms with Crippen LogP contribution in [0.1, 0.15) is 11.1 Å². The molecule has 0 aliphatic rings. The molecule has 0 saturated heterocycles. The molecule has 11 heavy (non-hydrogen) atoms. The van der Waals surface area contributed by atoms with Crippen molar-refractivity contribution in [3.05, 3.63) is 34.9 Å². The summed E-state index contributed by atoms with van der Waals surface area (Å²) in [6.45, 7) is 1.19. The van der Waals surface area contributed by atoms with Gasteiger partial charge in [-0.15, -0.1) is 0 Å². The lowest BCUT2D eigenvalue weighted by molar-refractivity contribution is 0.280. The van der Waals surface area contributed by atoms with Crippen LogP contribution in [-0.2, 0) is 6.61 Å². The van der Waals surface area contributed by atoms with Gasteiger partial charge < -0.3 is 5.11 Å². The van der Waals surface area contributed by atoms with Crippen molar-refractivity contribution < 1.29 is 13.9 Å². The third-order valence-corrected chi connectivity index (χ3v) is 1.45. The first kappa shape index (κ1) is 8.14. The second kappa shape index (κ2) is 2.96. The van der Waals surface area contributed by atoms with Crippen molar-refractivity contribution in [1.82, 2.24) is 0 Å². The molecule has 0 aliphatic heterocycles. The van der Waals surface area contributed by atoms with Crippen LogP contribution in [-0.4, -0.2) is 5.11 Å². The third-order valence-electron chi connectivity index (χ3n) is 1.45. The first-order valence-corrected chi connectivity index (χ1v) is 3.20. The Kier molecular flexibility index (Phi) is 2.19. The molecule has 1 rings (SSSR count). The van der Waals surface area contributed by atoms with E-state index < -0.39 is 11.6 Å². The van der Waals surface area contributed by atoms with E-state index >= 15 is 0 Å². The van der Waals surface area contributed by atoms with Crippen molar-refractivity contribution in [2.24, 2.45) is 0 Å². The van der Waals surface area contributed by atoms with E-state index in [9.17, 15) is 8.78 Å². The van der Waals surface area contributed by atoms with Gasteiger partial charge in [-0.3, -0.25) is 0 Å². The summed E-state index contributed by atoms with van der Waals surface area (Å²) in [5.41, 5.74) is 0.607. The van der Waals surface area contributed by atoms with Gasteiger partial charge in [-0.05, 0) is 24.1 Å². The molecular weight excluding hydrogens is 150 g/mol. The maximum absolute atomic E-state index is 12.6. The molecule has 0 spiro atoms.